The summed E-state index contributed by atoms with van der Waals surface area (Å²) in [7, 11) is 1.66. The number of ether oxygens (including phenoxy) is 1. The second-order valence-corrected chi connectivity index (χ2v) is 8.81. The van der Waals surface area contributed by atoms with Crippen molar-refractivity contribution in [3.63, 3.8) is 0 Å². The van der Waals surface area contributed by atoms with Crippen LogP contribution in [-0.4, -0.2) is 33.0 Å². The Morgan fingerprint density at radius 3 is 2.26 bits per heavy atom. The maximum absolute atomic E-state index is 13.5. The third-order valence-corrected chi connectivity index (χ3v) is 6.48. The molecule has 0 bridgehead atoms. The molecule has 34 heavy (non-hydrogen) atoms. The van der Waals surface area contributed by atoms with Gasteiger partial charge in [-0.25, -0.2) is 4.68 Å². The number of aromatic nitrogens is 2. The molecule has 0 unspecified atom stereocenters. The van der Waals surface area contributed by atoms with Gasteiger partial charge in [-0.1, -0.05) is 54.6 Å². The fraction of sp³-hybridized carbons (Fsp3) is 0.250. The van der Waals surface area contributed by atoms with E-state index in [0.29, 0.717) is 19.6 Å². The number of phenolic OH excluding ortho intramolecular Hbond substituents is 1. The zero-order valence-electron chi connectivity index (χ0n) is 19.4. The molecule has 0 saturated heterocycles. The summed E-state index contributed by atoms with van der Waals surface area (Å²) in [6.45, 7) is 3.39. The Balaban J connectivity index is 1.50. The van der Waals surface area contributed by atoms with E-state index in [1.165, 1.54) is 0 Å². The predicted octanol–water partition coefficient (Wildman–Crippen LogP) is 4.02. The van der Waals surface area contributed by atoms with E-state index in [1.54, 1.807) is 19.2 Å². The maximum atomic E-state index is 13.5. The van der Waals surface area contributed by atoms with Crippen LogP contribution >= 0.6 is 0 Å². The summed E-state index contributed by atoms with van der Waals surface area (Å²) in [6, 6.07) is 25.5. The van der Waals surface area contributed by atoms with Crippen LogP contribution in [0, 0.1) is 0 Å². The molecule has 1 N–H and O–H groups in total. The lowest BCUT2D eigenvalue weighted by Gasteiger charge is -2.28. The summed E-state index contributed by atoms with van der Waals surface area (Å²) >= 11 is 0. The average Bonchev–Trinajstić information content (AvgIpc) is 3.10. The molecule has 1 aliphatic rings. The molecule has 3 aromatic carbocycles. The number of benzene rings is 3. The van der Waals surface area contributed by atoms with Crippen LogP contribution in [0.3, 0.4) is 0 Å². The number of methoxy groups -OCH3 is 1. The lowest BCUT2D eigenvalue weighted by Crippen LogP contribution is -2.32. The van der Waals surface area contributed by atoms with E-state index in [0.717, 1.165) is 53.2 Å². The van der Waals surface area contributed by atoms with Crippen LogP contribution < -0.4 is 10.3 Å². The van der Waals surface area contributed by atoms with Gasteiger partial charge >= 0.3 is 0 Å². The molecular formula is C28H29N3O3. The molecular weight excluding hydrogens is 426 g/mol. The summed E-state index contributed by atoms with van der Waals surface area (Å²) < 4.78 is 9.35. The van der Waals surface area contributed by atoms with E-state index in [1.807, 2.05) is 47.1 Å². The summed E-state index contributed by atoms with van der Waals surface area (Å²) in [5.74, 6) is 1.10. The van der Waals surface area contributed by atoms with Gasteiger partial charge in [-0.3, -0.25) is 14.4 Å². The van der Waals surface area contributed by atoms with Gasteiger partial charge in [-0.15, -0.1) is 0 Å². The Kier molecular flexibility index (Phi) is 6.23. The maximum Gasteiger partial charge on any atom is 0.270 e. The SMILES string of the molecule is COc1ccc(Cn2c3c(c(=O)n2Cc2ccccc2)CCN(Cc2cccc(O)c2)C3)cc1. The van der Waals surface area contributed by atoms with E-state index in [2.05, 4.69) is 33.8 Å². The first-order valence-corrected chi connectivity index (χ1v) is 11.6. The number of fused-ring (bicyclic) bond motifs is 1. The van der Waals surface area contributed by atoms with Crippen molar-refractivity contribution < 1.29 is 9.84 Å². The number of hydrogen-bond donors (Lipinski definition) is 1. The molecule has 0 radical (unpaired) electrons. The van der Waals surface area contributed by atoms with Crippen molar-refractivity contribution in [1.29, 1.82) is 0 Å². The molecule has 2 heterocycles. The third kappa shape index (κ3) is 4.63. The smallest absolute Gasteiger partial charge is 0.270 e. The van der Waals surface area contributed by atoms with Crippen molar-refractivity contribution in [1.82, 2.24) is 14.3 Å². The highest BCUT2D eigenvalue weighted by Gasteiger charge is 2.26. The van der Waals surface area contributed by atoms with Gasteiger partial charge in [0.1, 0.15) is 11.5 Å². The molecule has 0 atom stereocenters. The van der Waals surface area contributed by atoms with Crippen molar-refractivity contribution in [2.24, 2.45) is 0 Å². The van der Waals surface area contributed by atoms with Crippen molar-refractivity contribution in [2.75, 3.05) is 13.7 Å². The van der Waals surface area contributed by atoms with E-state index in [-0.39, 0.29) is 11.3 Å². The van der Waals surface area contributed by atoms with Crippen molar-refractivity contribution in [3.05, 3.63) is 117 Å². The number of phenols is 1. The summed E-state index contributed by atoms with van der Waals surface area (Å²) in [5.41, 5.74) is 5.37. The van der Waals surface area contributed by atoms with Crippen LogP contribution in [0.2, 0.25) is 0 Å². The minimum atomic E-state index is 0.101. The van der Waals surface area contributed by atoms with Gasteiger partial charge in [0.15, 0.2) is 0 Å². The Hall–Kier alpha value is -3.77. The first-order valence-electron chi connectivity index (χ1n) is 11.6. The third-order valence-electron chi connectivity index (χ3n) is 6.48. The van der Waals surface area contributed by atoms with E-state index < -0.39 is 0 Å². The highest BCUT2D eigenvalue weighted by Crippen LogP contribution is 2.23. The van der Waals surface area contributed by atoms with Crippen molar-refractivity contribution in [3.8, 4) is 11.5 Å². The van der Waals surface area contributed by atoms with Gasteiger partial charge in [-0.05, 0) is 47.4 Å². The first-order chi connectivity index (χ1) is 16.6. The minimum absolute atomic E-state index is 0.101. The van der Waals surface area contributed by atoms with E-state index in [9.17, 15) is 9.90 Å². The van der Waals surface area contributed by atoms with Gasteiger partial charge in [0.05, 0.1) is 25.9 Å². The number of nitrogens with zero attached hydrogens (tertiary/aromatic N) is 3. The zero-order valence-corrected chi connectivity index (χ0v) is 19.4. The van der Waals surface area contributed by atoms with E-state index in [4.69, 9.17) is 4.74 Å². The molecule has 0 fully saturated rings. The monoisotopic (exact) mass is 455 g/mol. The molecule has 174 valence electrons. The molecule has 1 aliphatic heterocycles. The number of rotatable bonds is 7. The Morgan fingerprint density at radius 2 is 1.53 bits per heavy atom. The molecule has 1 aromatic heterocycles. The molecule has 0 aliphatic carbocycles. The quantitative estimate of drug-likeness (QED) is 0.457. The second-order valence-electron chi connectivity index (χ2n) is 8.81. The minimum Gasteiger partial charge on any atom is -0.508 e. The number of aromatic hydroxyl groups is 1. The normalized spacial score (nSPS) is 13.6. The Bertz CT molecular complexity index is 1320. The summed E-state index contributed by atoms with van der Waals surface area (Å²) in [4.78, 5) is 15.9. The van der Waals surface area contributed by atoms with Crippen LogP contribution in [0.1, 0.15) is 27.9 Å². The fourth-order valence-corrected chi connectivity index (χ4v) is 4.73. The lowest BCUT2D eigenvalue weighted by atomic mass is 10.1. The van der Waals surface area contributed by atoms with Crippen molar-refractivity contribution in [2.45, 2.75) is 32.6 Å². The van der Waals surface area contributed by atoms with Gasteiger partial charge in [-0.2, -0.15) is 0 Å². The standard InChI is InChI=1S/C28H29N3O3/c1-34-25-12-10-22(11-13-25)18-30-27-20-29(17-23-8-5-9-24(32)16-23)15-14-26(27)28(33)31(30)19-21-6-3-2-4-7-21/h2-13,16,32H,14-15,17-20H2,1H3. The second kappa shape index (κ2) is 9.61. The predicted molar refractivity (Wildman–Crippen MR) is 132 cm³/mol. The Labute approximate surface area is 199 Å². The zero-order chi connectivity index (χ0) is 23.5. The fourth-order valence-electron chi connectivity index (χ4n) is 4.73. The van der Waals surface area contributed by atoms with Crippen LogP contribution in [0.4, 0.5) is 0 Å². The van der Waals surface area contributed by atoms with Gasteiger partial charge in [0.2, 0.25) is 0 Å². The van der Waals surface area contributed by atoms with Crippen LogP contribution in [0.5, 0.6) is 11.5 Å². The molecule has 5 rings (SSSR count). The highest BCUT2D eigenvalue weighted by molar-refractivity contribution is 5.30. The topological polar surface area (TPSA) is 59.6 Å². The van der Waals surface area contributed by atoms with Crippen LogP contribution in [0.15, 0.2) is 83.7 Å². The van der Waals surface area contributed by atoms with E-state index >= 15 is 0 Å². The largest absolute Gasteiger partial charge is 0.508 e. The molecule has 0 saturated carbocycles. The molecule has 0 amide bonds. The van der Waals surface area contributed by atoms with Gasteiger partial charge in [0, 0.05) is 25.2 Å². The molecule has 6 heteroatoms. The van der Waals surface area contributed by atoms with Crippen LogP contribution in [-0.2, 0) is 32.6 Å². The Morgan fingerprint density at radius 1 is 0.824 bits per heavy atom. The first kappa shape index (κ1) is 22.0. The van der Waals surface area contributed by atoms with Crippen molar-refractivity contribution >= 4 is 0 Å². The average molecular weight is 456 g/mol. The summed E-state index contributed by atoms with van der Waals surface area (Å²) in [6.07, 6.45) is 0.720. The molecule has 6 nitrogen and oxygen atoms in total. The highest BCUT2D eigenvalue weighted by atomic mass is 16.5. The summed E-state index contributed by atoms with van der Waals surface area (Å²) in [5, 5.41) is 9.85. The molecule has 4 aromatic rings. The van der Waals surface area contributed by atoms with Gasteiger partial charge < -0.3 is 9.84 Å². The lowest BCUT2D eigenvalue weighted by molar-refractivity contribution is 0.235. The van der Waals surface area contributed by atoms with Gasteiger partial charge in [0.25, 0.3) is 5.56 Å². The van der Waals surface area contributed by atoms with Crippen LogP contribution in [0.25, 0.3) is 0 Å². The molecule has 0 spiro atoms. The number of hydrogen-bond acceptors (Lipinski definition) is 4.